The lowest BCUT2D eigenvalue weighted by atomic mass is 9.48. The molecule has 0 bridgehead atoms. The van der Waals surface area contributed by atoms with Crippen molar-refractivity contribution in [3.63, 3.8) is 0 Å². The summed E-state index contributed by atoms with van der Waals surface area (Å²) < 4.78 is 20.0. The van der Waals surface area contributed by atoms with Gasteiger partial charge in [-0.2, -0.15) is 5.01 Å². The number of nitrogens with zero attached hydrogens (tertiary/aromatic N) is 2. The summed E-state index contributed by atoms with van der Waals surface area (Å²) in [7, 11) is 0. The Morgan fingerprint density at radius 3 is 2.46 bits per heavy atom. The Bertz CT molecular complexity index is 2100. The van der Waals surface area contributed by atoms with Crippen LogP contribution in [-0.2, 0) is 35.8 Å². The van der Waals surface area contributed by atoms with Gasteiger partial charge in [-0.05, 0) is 90.9 Å². The minimum absolute atomic E-state index is 0.0231. The number of likely N-dealkylation sites (tertiary alicyclic amines) is 1. The first kappa shape index (κ1) is 33.6. The minimum atomic E-state index is -1.57. The van der Waals surface area contributed by atoms with E-state index >= 15 is 4.79 Å². The van der Waals surface area contributed by atoms with Crippen molar-refractivity contribution in [3.8, 4) is 11.5 Å². The maximum atomic E-state index is 15.2. The number of hydrazine groups is 1. The molecule has 1 saturated carbocycles. The summed E-state index contributed by atoms with van der Waals surface area (Å²) >= 11 is 6.35. The molecule has 13 heteroatoms. The third-order valence-corrected chi connectivity index (χ3v) is 11.5. The highest BCUT2D eigenvalue weighted by Gasteiger charge is 2.70. The Morgan fingerprint density at radius 1 is 0.981 bits per heavy atom. The number of carboxylic acids is 1. The first-order chi connectivity index (χ1) is 25.0. The average Bonchev–Trinajstić information content (AvgIpc) is 3.49. The van der Waals surface area contributed by atoms with E-state index in [-0.39, 0.29) is 50.3 Å². The van der Waals surface area contributed by atoms with Crippen LogP contribution in [0.2, 0.25) is 5.02 Å². The molecule has 0 radical (unpaired) electrons. The minimum Gasteiger partial charge on any atom is -0.508 e. The molecule has 2 aliphatic carbocycles. The zero-order chi connectivity index (χ0) is 36.5. The predicted octanol–water partition coefficient (Wildman–Crippen LogP) is 5.39. The van der Waals surface area contributed by atoms with E-state index in [0.717, 1.165) is 15.5 Å². The summed E-state index contributed by atoms with van der Waals surface area (Å²) in [6.45, 7) is -0.0351. The molecule has 3 aromatic carbocycles. The van der Waals surface area contributed by atoms with Crippen LogP contribution in [0.3, 0.4) is 0 Å². The second-order valence-electron chi connectivity index (χ2n) is 14.0. The molecule has 3 N–H and O–H groups in total. The van der Waals surface area contributed by atoms with Crippen molar-refractivity contribution in [2.75, 3.05) is 12.0 Å². The number of aromatic hydroxyl groups is 1. The molecule has 52 heavy (non-hydrogen) atoms. The Morgan fingerprint density at radius 2 is 1.73 bits per heavy atom. The number of aliphatic carboxylic acids is 1. The van der Waals surface area contributed by atoms with Crippen molar-refractivity contribution < 1.29 is 43.3 Å². The van der Waals surface area contributed by atoms with Crippen LogP contribution in [0.25, 0.3) is 0 Å². The van der Waals surface area contributed by atoms with Crippen molar-refractivity contribution in [1.29, 1.82) is 0 Å². The van der Waals surface area contributed by atoms with E-state index in [1.807, 2.05) is 6.08 Å². The molecule has 6 atom stereocenters. The van der Waals surface area contributed by atoms with Gasteiger partial charge in [0.2, 0.25) is 11.8 Å². The van der Waals surface area contributed by atoms with E-state index in [9.17, 15) is 33.8 Å². The molecule has 3 aromatic rings. The van der Waals surface area contributed by atoms with Crippen molar-refractivity contribution in [3.05, 3.63) is 112 Å². The largest absolute Gasteiger partial charge is 0.508 e. The molecule has 266 valence electrons. The van der Waals surface area contributed by atoms with E-state index in [4.69, 9.17) is 16.3 Å². The number of carboxylic acid groups (broad SMARTS) is 1. The molecule has 8 rings (SSSR count). The number of halogens is 2. The van der Waals surface area contributed by atoms with E-state index < -0.39 is 64.5 Å². The van der Waals surface area contributed by atoms with Gasteiger partial charge < -0.3 is 14.9 Å². The number of benzene rings is 3. The Balaban J connectivity index is 1.29. The average molecular weight is 726 g/mol. The van der Waals surface area contributed by atoms with Crippen LogP contribution >= 0.6 is 11.6 Å². The standard InChI is InChI=1S/C39H33ClFN3O8/c40-23-5-3-22(4-6-23)39-30(36(49)44(38(39)51)42-25-9-7-24(41)8-10-25)18-29-27(34(39)21-16-20-17-26(45)11-14-31(20)52-19-21)12-13-28-33(29)37(50)43(35(28)48)15-1-2-32(46)47/h3-12,14,17,19,28-30,33-34,42,45H,1-2,13,15-16,18H2,(H,46,47). The lowest BCUT2D eigenvalue weighted by Crippen LogP contribution is -2.55. The normalized spacial score (nSPS) is 27.6. The van der Waals surface area contributed by atoms with Crippen molar-refractivity contribution in [2.24, 2.45) is 29.6 Å². The monoisotopic (exact) mass is 725 g/mol. The number of imide groups is 2. The van der Waals surface area contributed by atoms with E-state index in [0.29, 0.717) is 33.2 Å². The van der Waals surface area contributed by atoms with Gasteiger partial charge in [-0.15, -0.1) is 0 Å². The maximum Gasteiger partial charge on any atom is 0.303 e. The predicted molar refractivity (Wildman–Crippen MR) is 184 cm³/mol. The van der Waals surface area contributed by atoms with Gasteiger partial charge in [0.05, 0.1) is 35.1 Å². The second-order valence-corrected chi connectivity index (χ2v) is 14.4. The van der Waals surface area contributed by atoms with Gasteiger partial charge >= 0.3 is 5.97 Å². The van der Waals surface area contributed by atoms with Crippen LogP contribution in [0.5, 0.6) is 11.5 Å². The number of amides is 4. The van der Waals surface area contributed by atoms with Crippen LogP contribution in [0.15, 0.2) is 90.2 Å². The van der Waals surface area contributed by atoms with E-state index in [1.165, 1.54) is 30.3 Å². The maximum absolute atomic E-state index is 15.2. The number of hydrogen-bond acceptors (Lipinski definition) is 8. The molecule has 0 spiro atoms. The van der Waals surface area contributed by atoms with Gasteiger partial charge in [-0.25, -0.2) is 4.39 Å². The molecular weight excluding hydrogens is 693 g/mol. The van der Waals surface area contributed by atoms with Gasteiger partial charge in [-0.3, -0.25) is 34.3 Å². The fraction of sp³-hybridized carbons (Fsp3) is 0.308. The number of nitrogens with one attached hydrogen (secondary N) is 1. The smallest absolute Gasteiger partial charge is 0.303 e. The number of fused-ring (bicyclic) bond motifs is 5. The molecule has 2 saturated heterocycles. The number of ether oxygens (including phenoxy) is 1. The molecule has 0 aromatic heterocycles. The molecule has 3 aliphatic heterocycles. The molecule has 3 heterocycles. The van der Waals surface area contributed by atoms with Crippen molar-refractivity contribution >= 4 is 46.9 Å². The topological polar surface area (TPSA) is 154 Å². The van der Waals surface area contributed by atoms with Crippen LogP contribution in [-0.4, -0.2) is 56.3 Å². The number of phenols is 1. The quantitative estimate of drug-likeness (QED) is 0.205. The molecule has 5 aliphatic rings. The van der Waals surface area contributed by atoms with Gasteiger partial charge in [0, 0.05) is 35.9 Å². The fourth-order valence-electron chi connectivity index (χ4n) is 9.15. The SMILES string of the molecule is O=C(O)CCCN1C(=O)C2CC=C3C(CC4C(=O)N(Nc5ccc(F)cc5)C(=O)C4(c4ccc(Cl)cc4)C3C3=COc4ccc(O)cc4C3)C2C1=O. The highest BCUT2D eigenvalue weighted by molar-refractivity contribution is 6.30. The highest BCUT2D eigenvalue weighted by atomic mass is 35.5. The zero-order valence-corrected chi connectivity index (χ0v) is 28.4. The number of phenolic OH excluding ortho intramolecular Hbond substituents is 1. The Kier molecular flexibility index (Phi) is 8.17. The molecular formula is C39H33ClFN3O8. The zero-order valence-electron chi connectivity index (χ0n) is 27.6. The van der Waals surface area contributed by atoms with Crippen molar-refractivity contribution in [2.45, 2.75) is 37.5 Å². The number of anilines is 1. The van der Waals surface area contributed by atoms with Gasteiger partial charge in [0.15, 0.2) is 0 Å². The summed E-state index contributed by atoms with van der Waals surface area (Å²) in [5, 5.41) is 21.0. The fourth-order valence-corrected chi connectivity index (χ4v) is 9.27. The summed E-state index contributed by atoms with van der Waals surface area (Å²) in [6.07, 6.45) is 3.91. The number of carbonyl (C=O) groups excluding carboxylic acids is 4. The first-order valence-electron chi connectivity index (χ1n) is 17.1. The molecule has 3 fully saturated rings. The van der Waals surface area contributed by atoms with Crippen LogP contribution in [0.4, 0.5) is 10.1 Å². The number of carbonyl (C=O) groups is 5. The lowest BCUT2D eigenvalue weighted by Gasteiger charge is -2.51. The van der Waals surface area contributed by atoms with Gasteiger partial charge in [0.1, 0.15) is 17.3 Å². The number of rotatable bonds is 8. The molecule has 4 amide bonds. The lowest BCUT2D eigenvalue weighted by molar-refractivity contribution is -0.142. The summed E-state index contributed by atoms with van der Waals surface area (Å²) in [5.74, 6) is -6.92. The van der Waals surface area contributed by atoms with Crippen LogP contribution < -0.4 is 10.2 Å². The number of hydrogen-bond donors (Lipinski definition) is 3. The van der Waals surface area contributed by atoms with Gasteiger partial charge in [0.25, 0.3) is 11.8 Å². The summed E-state index contributed by atoms with van der Waals surface area (Å²) in [4.78, 5) is 70.2. The van der Waals surface area contributed by atoms with Gasteiger partial charge in [-0.1, -0.05) is 35.4 Å². The Labute approximate surface area is 302 Å². The third-order valence-electron chi connectivity index (χ3n) is 11.3. The number of allylic oxidation sites excluding steroid dienone is 3. The second kappa shape index (κ2) is 12.6. The van der Waals surface area contributed by atoms with E-state index in [1.54, 1.807) is 42.7 Å². The Hall–Kier alpha value is -5.49. The van der Waals surface area contributed by atoms with Crippen LogP contribution in [0, 0.1) is 35.4 Å². The summed E-state index contributed by atoms with van der Waals surface area (Å²) in [6, 6.07) is 16.7. The highest BCUT2D eigenvalue weighted by Crippen LogP contribution is 2.63. The summed E-state index contributed by atoms with van der Waals surface area (Å²) in [5.41, 5.74) is 4.19. The molecule has 6 unspecified atom stereocenters. The van der Waals surface area contributed by atoms with E-state index in [2.05, 4.69) is 5.43 Å². The van der Waals surface area contributed by atoms with Crippen LogP contribution in [0.1, 0.15) is 36.8 Å². The molecule has 11 nitrogen and oxygen atoms in total. The first-order valence-corrected chi connectivity index (χ1v) is 17.5. The third kappa shape index (κ3) is 5.18. The van der Waals surface area contributed by atoms with Crippen molar-refractivity contribution in [1.82, 2.24) is 9.91 Å².